The van der Waals surface area contributed by atoms with Gasteiger partial charge in [0.2, 0.25) is 12.6 Å². The molecular weight excluding hydrogens is 350 g/mol. The van der Waals surface area contributed by atoms with Gasteiger partial charge in [-0.25, -0.2) is 0 Å². The van der Waals surface area contributed by atoms with Crippen molar-refractivity contribution < 1.29 is 24.6 Å². The van der Waals surface area contributed by atoms with Crippen LogP contribution < -0.4 is 0 Å². The molecule has 0 heterocycles. The lowest BCUT2D eigenvalue weighted by molar-refractivity contribution is -0.663. The quantitative estimate of drug-likeness (QED) is 0.335. The molecule has 0 rings (SSSR count). The lowest BCUT2D eigenvalue weighted by Crippen LogP contribution is -2.54. The van der Waals surface area contributed by atoms with Gasteiger partial charge in [-0.15, -0.1) is 0 Å². The molecule has 0 aliphatic rings. The van der Waals surface area contributed by atoms with Gasteiger partial charge in [0.15, 0.2) is 0 Å². The lowest BCUT2D eigenvalue weighted by Gasteiger charge is -2.25. The van der Waals surface area contributed by atoms with Crippen molar-refractivity contribution in [3.8, 4) is 0 Å². The molecule has 0 radical (unpaired) electrons. The fourth-order valence-corrected chi connectivity index (χ4v) is 2.73. The summed E-state index contributed by atoms with van der Waals surface area (Å²) in [5.74, 6) is -2.55. The molecule has 0 N–H and O–H groups in total. The highest BCUT2D eigenvalue weighted by atomic mass is 16.7. The molecule has 0 aromatic heterocycles. The Labute approximate surface area is 139 Å². The fourth-order valence-electron chi connectivity index (χ4n) is 2.73. The topological polar surface area (TPSA) is 216 Å². The number of nitro groups is 5. The highest BCUT2D eigenvalue weighted by molar-refractivity contribution is 4.84. The van der Waals surface area contributed by atoms with E-state index in [-0.39, 0.29) is 0 Å². The van der Waals surface area contributed by atoms with Gasteiger partial charge in [0.25, 0.3) is 12.6 Å². The van der Waals surface area contributed by atoms with E-state index in [2.05, 4.69) is 0 Å². The van der Waals surface area contributed by atoms with Crippen molar-refractivity contribution in [1.82, 2.24) is 0 Å². The van der Waals surface area contributed by atoms with E-state index in [4.69, 9.17) is 0 Å². The Kier molecular flexibility index (Phi) is 8.21. The van der Waals surface area contributed by atoms with E-state index < -0.39 is 74.1 Å². The maximum absolute atomic E-state index is 11.3. The van der Waals surface area contributed by atoms with Crippen LogP contribution in [0.25, 0.3) is 0 Å². The molecule has 4 unspecified atom stereocenters. The smallest absolute Gasteiger partial charge is 0.265 e. The molecule has 142 valence electrons. The van der Waals surface area contributed by atoms with Gasteiger partial charge in [-0.3, -0.25) is 50.6 Å². The Bertz CT molecular complexity index is 552. The summed E-state index contributed by atoms with van der Waals surface area (Å²) >= 11 is 0. The van der Waals surface area contributed by atoms with Gasteiger partial charge >= 0.3 is 6.04 Å². The molecule has 0 aromatic carbocycles. The Hall–Kier alpha value is -3.00. The molecule has 0 aliphatic carbocycles. The average molecular weight is 367 g/mol. The number of nitrogens with zero attached hydrogens (tertiary/aromatic N) is 5. The van der Waals surface area contributed by atoms with Gasteiger partial charge in [0.05, 0.1) is 0 Å². The van der Waals surface area contributed by atoms with E-state index in [0.717, 1.165) is 0 Å². The van der Waals surface area contributed by atoms with Crippen molar-refractivity contribution in [3.63, 3.8) is 0 Å². The molecule has 0 aliphatic heterocycles. The van der Waals surface area contributed by atoms with Gasteiger partial charge in [0.1, 0.15) is 5.92 Å². The molecule has 15 nitrogen and oxygen atoms in total. The predicted octanol–water partition coefficient (Wildman–Crippen LogP) is 0.138. The summed E-state index contributed by atoms with van der Waals surface area (Å²) in [4.78, 5) is 49.5. The van der Waals surface area contributed by atoms with Gasteiger partial charge < -0.3 is 0 Å². The second-order valence-corrected chi connectivity index (χ2v) is 5.67. The summed E-state index contributed by atoms with van der Waals surface area (Å²) in [6.45, 7) is 0.349. The van der Waals surface area contributed by atoms with Crippen LogP contribution in [0.5, 0.6) is 0 Å². The monoisotopic (exact) mass is 367 g/mol. The zero-order chi connectivity index (χ0) is 19.9. The fraction of sp³-hybridized carbons (Fsp3) is 1.00. The first-order valence-electron chi connectivity index (χ1n) is 7.04. The van der Waals surface area contributed by atoms with Crippen molar-refractivity contribution >= 4 is 0 Å². The van der Waals surface area contributed by atoms with Crippen molar-refractivity contribution in [3.05, 3.63) is 50.6 Å². The van der Waals surface area contributed by atoms with Crippen LogP contribution in [0, 0.1) is 62.4 Å². The van der Waals surface area contributed by atoms with E-state index in [1.54, 1.807) is 0 Å². The zero-order valence-corrected chi connectivity index (χ0v) is 13.3. The molecule has 15 heteroatoms. The third kappa shape index (κ3) is 6.56. The van der Waals surface area contributed by atoms with Crippen molar-refractivity contribution in [1.29, 1.82) is 0 Å². The van der Waals surface area contributed by atoms with Crippen LogP contribution in [-0.2, 0) is 0 Å². The first-order chi connectivity index (χ1) is 11.4. The first-order valence-corrected chi connectivity index (χ1v) is 7.04. The van der Waals surface area contributed by atoms with E-state index in [0.29, 0.717) is 0 Å². The van der Waals surface area contributed by atoms with E-state index in [1.807, 2.05) is 0 Å². The minimum Gasteiger partial charge on any atom is -0.265 e. The standard InChI is InChI=1S/C10H17N5O10/c1-6(2)9(14(22)23)7(3-4-11(16)17)10(15(24)25)8(13(20)21)5-12(18)19/h6-10H,3-5H2,1-2H3. The molecule has 0 fully saturated rings. The largest absolute Gasteiger partial charge is 0.342 e. The molecule has 4 atom stereocenters. The maximum atomic E-state index is 11.3. The number of hydrogen-bond donors (Lipinski definition) is 0. The molecule has 0 bridgehead atoms. The highest BCUT2D eigenvalue weighted by Crippen LogP contribution is 2.27. The summed E-state index contributed by atoms with van der Waals surface area (Å²) in [6, 6.07) is -6.36. The van der Waals surface area contributed by atoms with Crippen LogP contribution in [-0.4, -0.2) is 55.8 Å². The maximum Gasteiger partial charge on any atom is 0.342 e. The number of rotatable bonds is 12. The van der Waals surface area contributed by atoms with Crippen LogP contribution in [0.15, 0.2) is 0 Å². The molecule has 0 amide bonds. The first kappa shape index (κ1) is 22.0. The predicted molar refractivity (Wildman–Crippen MR) is 79.0 cm³/mol. The third-order valence-corrected chi connectivity index (χ3v) is 3.69. The second kappa shape index (κ2) is 9.33. The van der Waals surface area contributed by atoms with Crippen molar-refractivity contribution in [2.24, 2.45) is 11.8 Å². The van der Waals surface area contributed by atoms with E-state index >= 15 is 0 Å². The summed E-state index contributed by atoms with van der Waals surface area (Å²) in [6.07, 6.45) is -0.690. The summed E-state index contributed by atoms with van der Waals surface area (Å²) < 4.78 is 0. The molecular formula is C10H17N5O10. The van der Waals surface area contributed by atoms with Crippen LogP contribution >= 0.6 is 0 Å². The summed E-state index contributed by atoms with van der Waals surface area (Å²) in [5, 5.41) is 54.9. The number of hydrogen-bond acceptors (Lipinski definition) is 10. The van der Waals surface area contributed by atoms with E-state index in [1.165, 1.54) is 13.8 Å². The van der Waals surface area contributed by atoms with Gasteiger partial charge in [-0.05, 0) is 0 Å². The molecule has 0 saturated carbocycles. The Morgan fingerprint density at radius 3 is 1.48 bits per heavy atom. The van der Waals surface area contributed by atoms with Crippen LogP contribution in [0.4, 0.5) is 0 Å². The Morgan fingerprint density at radius 2 is 1.20 bits per heavy atom. The van der Waals surface area contributed by atoms with Crippen LogP contribution in [0.1, 0.15) is 20.3 Å². The molecule has 25 heavy (non-hydrogen) atoms. The summed E-state index contributed by atoms with van der Waals surface area (Å²) in [5.41, 5.74) is 0. The molecule has 0 saturated heterocycles. The minimum absolute atomic E-state index is 0.690. The lowest BCUT2D eigenvalue weighted by atomic mass is 9.80. The van der Waals surface area contributed by atoms with Crippen molar-refractivity contribution in [2.75, 3.05) is 13.1 Å². The van der Waals surface area contributed by atoms with Crippen LogP contribution in [0.3, 0.4) is 0 Å². The molecule has 0 spiro atoms. The minimum atomic E-state index is -2.34. The summed E-state index contributed by atoms with van der Waals surface area (Å²) in [7, 11) is 0. The Balaban J connectivity index is 6.10. The SMILES string of the molecule is CC(C)C(C(CC[N+](=O)[O-])C(C(C[N+](=O)[O-])[N+](=O)[O-])[N+](=O)[O-])[N+](=O)[O-]. The highest BCUT2D eigenvalue weighted by Gasteiger charge is 2.56. The van der Waals surface area contributed by atoms with Gasteiger partial charge in [-0.1, -0.05) is 13.8 Å². The van der Waals surface area contributed by atoms with Gasteiger partial charge in [-0.2, -0.15) is 0 Å². The second-order valence-electron chi connectivity index (χ2n) is 5.67. The Morgan fingerprint density at radius 1 is 0.720 bits per heavy atom. The third-order valence-electron chi connectivity index (χ3n) is 3.69. The normalized spacial score (nSPS) is 15.8. The van der Waals surface area contributed by atoms with Crippen molar-refractivity contribution in [2.45, 2.75) is 38.4 Å². The molecule has 0 aromatic rings. The van der Waals surface area contributed by atoms with Gasteiger partial charge in [0, 0.05) is 37.0 Å². The zero-order valence-electron chi connectivity index (χ0n) is 13.3. The average Bonchev–Trinajstić information content (AvgIpc) is 2.41. The van der Waals surface area contributed by atoms with E-state index in [9.17, 15) is 50.6 Å². The van der Waals surface area contributed by atoms with Crippen LogP contribution in [0.2, 0.25) is 0 Å².